The molecule has 0 spiro atoms. The van der Waals surface area contributed by atoms with E-state index >= 15 is 0 Å². The van der Waals surface area contributed by atoms with Crippen LogP contribution in [0.3, 0.4) is 0 Å². The average Bonchev–Trinajstić information content (AvgIpc) is 2.87. The van der Waals surface area contributed by atoms with Crippen LogP contribution in [0.4, 0.5) is 0 Å². The van der Waals surface area contributed by atoms with Crippen molar-refractivity contribution in [1.29, 1.82) is 0 Å². The van der Waals surface area contributed by atoms with Crippen LogP contribution in [0, 0.1) is 5.41 Å². The highest BCUT2D eigenvalue weighted by Crippen LogP contribution is 2.63. The number of nitrogens with one attached hydrogen (secondary N) is 1. The summed E-state index contributed by atoms with van der Waals surface area (Å²) in [6, 6.07) is 7.54. The molecule has 0 saturated heterocycles. The molecule has 1 fully saturated rings. The molecule has 1 saturated carbocycles. The maximum atomic E-state index is 12.0. The summed E-state index contributed by atoms with van der Waals surface area (Å²) in [5.74, 6) is 0.652. The zero-order valence-corrected chi connectivity index (χ0v) is 11.8. The van der Waals surface area contributed by atoms with Crippen molar-refractivity contribution in [2.45, 2.75) is 24.2 Å². The number of carbonyl (C=O) groups excluding carboxylic acids is 1. The molecular weight excluding hydrogens is 273 g/mol. The standard InChI is InChI=1S/C13H15Cl2NO2/c1-12(8-13(12,14)15)11(17)16-7-9-4-3-5-10(6-9)18-2/h3-6H,7-8H2,1-2H3,(H,16,17)/t12-/m1/s1. The maximum Gasteiger partial charge on any atom is 0.229 e. The zero-order valence-electron chi connectivity index (χ0n) is 10.3. The molecule has 5 heteroatoms. The van der Waals surface area contributed by atoms with Gasteiger partial charge in [0.05, 0.1) is 12.5 Å². The van der Waals surface area contributed by atoms with Gasteiger partial charge in [-0.05, 0) is 31.0 Å². The quantitative estimate of drug-likeness (QED) is 0.865. The molecule has 3 nitrogen and oxygen atoms in total. The number of halogens is 2. The molecular formula is C13H15Cl2NO2. The van der Waals surface area contributed by atoms with Gasteiger partial charge in [-0.25, -0.2) is 0 Å². The summed E-state index contributed by atoms with van der Waals surface area (Å²) in [7, 11) is 1.61. The molecule has 0 bridgehead atoms. The molecule has 0 radical (unpaired) electrons. The van der Waals surface area contributed by atoms with Gasteiger partial charge in [0.1, 0.15) is 10.1 Å². The highest BCUT2D eigenvalue weighted by Gasteiger charge is 2.67. The van der Waals surface area contributed by atoms with Crippen molar-refractivity contribution in [1.82, 2.24) is 5.32 Å². The van der Waals surface area contributed by atoms with Crippen LogP contribution in [0.2, 0.25) is 0 Å². The third-order valence-corrected chi connectivity index (χ3v) is 4.45. The van der Waals surface area contributed by atoms with E-state index in [0.717, 1.165) is 11.3 Å². The van der Waals surface area contributed by atoms with Crippen molar-refractivity contribution in [2.75, 3.05) is 7.11 Å². The predicted octanol–water partition coefficient (Wildman–Crippen LogP) is 2.90. The lowest BCUT2D eigenvalue weighted by molar-refractivity contribution is -0.125. The Kier molecular flexibility index (Phi) is 3.47. The molecule has 0 heterocycles. The average molecular weight is 288 g/mol. The topological polar surface area (TPSA) is 38.3 Å². The third kappa shape index (κ3) is 2.43. The minimum atomic E-state index is -0.925. The second kappa shape index (κ2) is 4.63. The maximum absolute atomic E-state index is 12.0. The first kappa shape index (κ1) is 13.5. The van der Waals surface area contributed by atoms with Gasteiger partial charge < -0.3 is 10.1 Å². The van der Waals surface area contributed by atoms with Gasteiger partial charge in [0, 0.05) is 6.54 Å². The van der Waals surface area contributed by atoms with Crippen molar-refractivity contribution in [2.24, 2.45) is 5.41 Å². The summed E-state index contributed by atoms with van der Waals surface area (Å²) < 4.78 is 4.19. The van der Waals surface area contributed by atoms with Crippen LogP contribution < -0.4 is 10.1 Å². The molecule has 1 aromatic rings. The molecule has 1 aliphatic rings. The lowest BCUT2D eigenvalue weighted by Crippen LogP contribution is -2.32. The van der Waals surface area contributed by atoms with Crippen LogP contribution >= 0.6 is 23.2 Å². The fourth-order valence-electron chi connectivity index (χ4n) is 1.81. The van der Waals surface area contributed by atoms with E-state index in [9.17, 15) is 4.79 Å². The van der Waals surface area contributed by atoms with E-state index in [2.05, 4.69) is 5.32 Å². The van der Waals surface area contributed by atoms with Crippen LogP contribution in [-0.2, 0) is 11.3 Å². The number of alkyl halides is 2. The highest BCUT2D eigenvalue weighted by molar-refractivity contribution is 6.53. The van der Waals surface area contributed by atoms with E-state index in [1.807, 2.05) is 24.3 Å². The summed E-state index contributed by atoms with van der Waals surface area (Å²) in [5, 5.41) is 2.84. The van der Waals surface area contributed by atoms with Crippen molar-refractivity contribution >= 4 is 29.1 Å². The fourth-order valence-corrected chi connectivity index (χ4v) is 2.51. The zero-order chi connectivity index (χ0) is 13.4. The van der Waals surface area contributed by atoms with Gasteiger partial charge in [0.25, 0.3) is 0 Å². The van der Waals surface area contributed by atoms with Gasteiger partial charge in [0.15, 0.2) is 0 Å². The van der Waals surface area contributed by atoms with Gasteiger partial charge in [-0.15, -0.1) is 23.2 Å². The second-order valence-electron chi connectivity index (χ2n) is 4.75. The first-order valence-corrected chi connectivity index (χ1v) is 6.44. The number of amides is 1. The molecule has 0 aromatic heterocycles. The molecule has 1 N–H and O–H groups in total. The number of methoxy groups -OCH3 is 1. The summed E-state index contributed by atoms with van der Waals surface area (Å²) in [6.45, 7) is 2.21. The Morgan fingerprint density at radius 2 is 2.17 bits per heavy atom. The van der Waals surface area contributed by atoms with Crippen molar-refractivity contribution in [3.63, 3.8) is 0 Å². The van der Waals surface area contributed by atoms with Gasteiger partial charge >= 0.3 is 0 Å². The van der Waals surface area contributed by atoms with Crippen molar-refractivity contribution in [3.8, 4) is 5.75 Å². The molecule has 0 unspecified atom stereocenters. The Labute approximate surface area is 116 Å². The van der Waals surface area contributed by atoms with Crippen molar-refractivity contribution in [3.05, 3.63) is 29.8 Å². The normalized spacial score (nSPS) is 24.4. The number of hydrogen-bond acceptors (Lipinski definition) is 2. The van der Waals surface area contributed by atoms with Gasteiger partial charge in [-0.2, -0.15) is 0 Å². The van der Waals surface area contributed by atoms with E-state index in [0.29, 0.717) is 13.0 Å². The second-order valence-corrected chi connectivity index (χ2v) is 6.23. The Morgan fingerprint density at radius 3 is 2.72 bits per heavy atom. The molecule has 1 aromatic carbocycles. The molecule has 1 atom stereocenters. The van der Waals surface area contributed by atoms with Gasteiger partial charge in [-0.3, -0.25) is 4.79 Å². The van der Waals surface area contributed by atoms with Gasteiger partial charge in [-0.1, -0.05) is 12.1 Å². The Morgan fingerprint density at radius 1 is 1.50 bits per heavy atom. The molecule has 1 aliphatic carbocycles. The number of hydrogen-bond donors (Lipinski definition) is 1. The van der Waals surface area contributed by atoms with E-state index < -0.39 is 9.75 Å². The predicted molar refractivity (Wildman–Crippen MR) is 72.0 cm³/mol. The van der Waals surface area contributed by atoms with Crippen molar-refractivity contribution < 1.29 is 9.53 Å². The van der Waals surface area contributed by atoms with Crippen LogP contribution in [0.5, 0.6) is 5.75 Å². The van der Waals surface area contributed by atoms with Crippen LogP contribution in [0.15, 0.2) is 24.3 Å². The molecule has 0 aliphatic heterocycles. The van der Waals surface area contributed by atoms with Crippen LogP contribution in [-0.4, -0.2) is 17.4 Å². The fraction of sp³-hybridized carbons (Fsp3) is 0.462. The smallest absolute Gasteiger partial charge is 0.229 e. The first-order valence-electron chi connectivity index (χ1n) is 5.68. The highest BCUT2D eigenvalue weighted by atomic mass is 35.5. The molecule has 18 heavy (non-hydrogen) atoms. The largest absolute Gasteiger partial charge is 0.497 e. The van der Waals surface area contributed by atoms with Crippen LogP contribution in [0.1, 0.15) is 18.9 Å². The van der Waals surface area contributed by atoms with E-state index in [1.165, 1.54) is 0 Å². The summed E-state index contributed by atoms with van der Waals surface area (Å²) in [4.78, 5) is 12.0. The third-order valence-electron chi connectivity index (χ3n) is 3.35. The van der Waals surface area contributed by atoms with E-state index in [-0.39, 0.29) is 5.91 Å². The van der Waals surface area contributed by atoms with E-state index in [4.69, 9.17) is 27.9 Å². The monoisotopic (exact) mass is 287 g/mol. The first-order chi connectivity index (χ1) is 8.39. The number of carbonyl (C=O) groups is 1. The van der Waals surface area contributed by atoms with E-state index in [1.54, 1.807) is 14.0 Å². The molecule has 2 rings (SSSR count). The van der Waals surface area contributed by atoms with Gasteiger partial charge in [0.2, 0.25) is 5.91 Å². The number of benzene rings is 1. The lowest BCUT2D eigenvalue weighted by Gasteiger charge is -2.13. The number of ether oxygens (including phenoxy) is 1. The minimum absolute atomic E-state index is 0.115. The SMILES string of the molecule is COc1cccc(CNC(=O)[C@@]2(C)CC2(Cl)Cl)c1. The summed E-state index contributed by atoms with van der Waals surface area (Å²) in [5.41, 5.74) is 0.302. The Balaban J connectivity index is 1.94. The molecule has 98 valence electrons. The summed E-state index contributed by atoms with van der Waals surface area (Å²) >= 11 is 11.9. The summed E-state index contributed by atoms with van der Waals surface area (Å²) in [6.07, 6.45) is 0.493. The number of rotatable bonds is 4. The Hall–Kier alpha value is -0.930. The van der Waals surface area contributed by atoms with Crippen LogP contribution in [0.25, 0.3) is 0 Å². The molecule has 1 amide bonds. The Bertz CT molecular complexity index is 476. The lowest BCUT2D eigenvalue weighted by atomic mass is 10.1. The minimum Gasteiger partial charge on any atom is -0.497 e.